The Labute approximate surface area is 116 Å². The number of carboxylic acid groups (broad SMARTS) is 1. The van der Waals surface area contributed by atoms with Crippen molar-refractivity contribution in [2.75, 3.05) is 0 Å². The van der Waals surface area contributed by atoms with Crippen molar-refractivity contribution in [2.24, 2.45) is 0 Å². The molecule has 1 rings (SSSR count). The van der Waals surface area contributed by atoms with Gasteiger partial charge in [-0.15, -0.1) is 0 Å². The van der Waals surface area contributed by atoms with Gasteiger partial charge in [-0.25, -0.2) is 4.79 Å². The minimum absolute atomic E-state index is 0.137. The largest absolute Gasteiger partial charge is 0.478 e. The molecular formula is C15H17BrO2. The van der Waals surface area contributed by atoms with Gasteiger partial charge in [0.15, 0.2) is 0 Å². The maximum atomic E-state index is 10.3. The fourth-order valence-corrected chi connectivity index (χ4v) is 1.86. The predicted molar refractivity (Wildman–Crippen MR) is 78.8 cm³/mol. The average molecular weight is 309 g/mol. The van der Waals surface area contributed by atoms with E-state index < -0.39 is 5.97 Å². The summed E-state index contributed by atoms with van der Waals surface area (Å²) >= 11 is 3.43. The minimum atomic E-state index is -0.949. The van der Waals surface area contributed by atoms with E-state index in [0.29, 0.717) is 0 Å². The van der Waals surface area contributed by atoms with Gasteiger partial charge in [0.25, 0.3) is 0 Å². The average Bonchev–Trinajstić information content (AvgIpc) is 2.27. The van der Waals surface area contributed by atoms with Crippen LogP contribution in [0.2, 0.25) is 0 Å². The maximum Gasteiger partial charge on any atom is 0.328 e. The zero-order chi connectivity index (χ0) is 13.8. The molecule has 0 amide bonds. The molecule has 0 fully saturated rings. The first-order chi connectivity index (χ1) is 8.30. The summed E-state index contributed by atoms with van der Waals surface area (Å²) in [6, 6.07) is 8.22. The molecular weight excluding hydrogens is 292 g/mol. The second kappa shape index (κ2) is 6.01. The SMILES string of the molecule is CC(C)(C)c1ccc(C(Br)=CC=CC(=O)O)cc1. The van der Waals surface area contributed by atoms with Crippen molar-refractivity contribution in [3.05, 3.63) is 53.6 Å². The van der Waals surface area contributed by atoms with Crippen molar-refractivity contribution >= 4 is 26.4 Å². The van der Waals surface area contributed by atoms with E-state index in [4.69, 9.17) is 5.11 Å². The highest BCUT2D eigenvalue weighted by Gasteiger charge is 2.12. The first kappa shape index (κ1) is 14.7. The van der Waals surface area contributed by atoms with Crippen LogP contribution >= 0.6 is 15.9 Å². The Morgan fingerprint density at radius 2 is 1.78 bits per heavy atom. The molecule has 0 saturated carbocycles. The second-order valence-corrected chi connectivity index (χ2v) is 5.89. The van der Waals surface area contributed by atoms with Gasteiger partial charge in [0.1, 0.15) is 0 Å². The highest BCUT2D eigenvalue weighted by atomic mass is 79.9. The van der Waals surface area contributed by atoms with Gasteiger partial charge in [-0.3, -0.25) is 0 Å². The van der Waals surface area contributed by atoms with Crippen LogP contribution in [0.25, 0.3) is 4.48 Å². The van der Waals surface area contributed by atoms with Gasteiger partial charge in [-0.1, -0.05) is 67.0 Å². The van der Waals surface area contributed by atoms with E-state index in [9.17, 15) is 4.79 Å². The number of carboxylic acids is 1. The maximum absolute atomic E-state index is 10.3. The van der Waals surface area contributed by atoms with Crippen LogP contribution in [-0.2, 0) is 10.2 Å². The van der Waals surface area contributed by atoms with E-state index in [0.717, 1.165) is 16.1 Å². The van der Waals surface area contributed by atoms with Crippen LogP contribution in [0, 0.1) is 0 Å². The van der Waals surface area contributed by atoms with Gasteiger partial charge < -0.3 is 5.11 Å². The lowest BCUT2D eigenvalue weighted by atomic mass is 9.87. The number of carbonyl (C=O) groups is 1. The highest BCUT2D eigenvalue weighted by molar-refractivity contribution is 9.15. The molecule has 0 aliphatic rings. The summed E-state index contributed by atoms with van der Waals surface area (Å²) in [4.78, 5) is 10.3. The Morgan fingerprint density at radius 3 is 2.22 bits per heavy atom. The number of rotatable bonds is 3. The molecule has 96 valence electrons. The van der Waals surface area contributed by atoms with Crippen molar-refractivity contribution < 1.29 is 9.90 Å². The van der Waals surface area contributed by atoms with E-state index in [1.165, 1.54) is 11.6 Å². The molecule has 0 atom stereocenters. The van der Waals surface area contributed by atoms with E-state index in [2.05, 4.69) is 48.8 Å². The molecule has 2 nitrogen and oxygen atoms in total. The van der Waals surface area contributed by atoms with E-state index in [-0.39, 0.29) is 5.41 Å². The Kier molecular flexibility index (Phi) is 4.91. The molecule has 1 aromatic carbocycles. The van der Waals surface area contributed by atoms with E-state index >= 15 is 0 Å². The van der Waals surface area contributed by atoms with Gasteiger partial charge in [0.2, 0.25) is 0 Å². The van der Waals surface area contributed by atoms with Crippen molar-refractivity contribution in [1.82, 2.24) is 0 Å². The topological polar surface area (TPSA) is 37.3 Å². The summed E-state index contributed by atoms with van der Waals surface area (Å²) in [5.74, 6) is -0.949. The van der Waals surface area contributed by atoms with Gasteiger partial charge in [0.05, 0.1) is 0 Å². The first-order valence-electron chi connectivity index (χ1n) is 5.68. The first-order valence-corrected chi connectivity index (χ1v) is 6.48. The van der Waals surface area contributed by atoms with Crippen LogP contribution in [0.1, 0.15) is 31.9 Å². The van der Waals surface area contributed by atoms with Crippen LogP contribution in [0.5, 0.6) is 0 Å². The lowest BCUT2D eigenvalue weighted by molar-refractivity contribution is -0.131. The third-order valence-electron chi connectivity index (χ3n) is 2.51. The fraction of sp³-hybridized carbons (Fsp3) is 0.267. The van der Waals surface area contributed by atoms with E-state index in [1.807, 2.05) is 12.1 Å². The van der Waals surface area contributed by atoms with Crippen LogP contribution in [0.15, 0.2) is 42.5 Å². The van der Waals surface area contributed by atoms with Crippen molar-refractivity contribution in [3.8, 4) is 0 Å². The van der Waals surface area contributed by atoms with Gasteiger partial charge in [-0.05, 0) is 22.6 Å². The standard InChI is InChI=1S/C15H17BrO2/c1-15(2,3)12-9-7-11(8-10-12)13(16)5-4-6-14(17)18/h4-10H,1-3H3,(H,17,18). The number of aliphatic carboxylic acids is 1. The Balaban J connectivity index is 2.89. The molecule has 0 bridgehead atoms. The number of allylic oxidation sites excluding steroid dienone is 2. The van der Waals surface area contributed by atoms with Crippen LogP contribution in [0.3, 0.4) is 0 Å². The van der Waals surface area contributed by atoms with Crippen molar-refractivity contribution in [2.45, 2.75) is 26.2 Å². The molecule has 0 heterocycles. The summed E-state index contributed by atoms with van der Waals surface area (Å²) in [7, 11) is 0. The molecule has 18 heavy (non-hydrogen) atoms. The van der Waals surface area contributed by atoms with Gasteiger partial charge in [0, 0.05) is 10.6 Å². The van der Waals surface area contributed by atoms with Gasteiger partial charge in [-0.2, -0.15) is 0 Å². The molecule has 0 unspecified atom stereocenters. The quantitative estimate of drug-likeness (QED) is 0.665. The Hall–Kier alpha value is -1.35. The number of halogens is 1. The lowest BCUT2D eigenvalue weighted by Crippen LogP contribution is -2.10. The molecule has 0 aliphatic heterocycles. The van der Waals surface area contributed by atoms with Crippen LogP contribution in [0.4, 0.5) is 0 Å². The third kappa shape index (κ3) is 4.49. The second-order valence-electron chi connectivity index (χ2n) is 5.04. The Bertz CT molecular complexity index is 476. The molecule has 0 aliphatic carbocycles. The predicted octanol–water partition coefficient (Wildman–Crippen LogP) is 4.36. The Morgan fingerprint density at radius 1 is 1.22 bits per heavy atom. The smallest absolute Gasteiger partial charge is 0.328 e. The molecule has 0 aromatic heterocycles. The molecule has 0 saturated heterocycles. The highest BCUT2D eigenvalue weighted by Crippen LogP contribution is 2.26. The molecule has 1 N–H and O–H groups in total. The lowest BCUT2D eigenvalue weighted by Gasteiger charge is -2.19. The van der Waals surface area contributed by atoms with Crippen molar-refractivity contribution in [3.63, 3.8) is 0 Å². The molecule has 0 radical (unpaired) electrons. The molecule has 3 heteroatoms. The zero-order valence-electron chi connectivity index (χ0n) is 10.8. The van der Waals surface area contributed by atoms with E-state index in [1.54, 1.807) is 6.08 Å². The summed E-state index contributed by atoms with van der Waals surface area (Å²) in [5, 5.41) is 8.49. The van der Waals surface area contributed by atoms with Gasteiger partial charge >= 0.3 is 5.97 Å². The van der Waals surface area contributed by atoms with Crippen LogP contribution < -0.4 is 0 Å². The number of hydrogen-bond acceptors (Lipinski definition) is 1. The zero-order valence-corrected chi connectivity index (χ0v) is 12.4. The number of benzene rings is 1. The number of hydrogen-bond donors (Lipinski definition) is 1. The molecule has 0 spiro atoms. The summed E-state index contributed by atoms with van der Waals surface area (Å²) in [6.45, 7) is 6.51. The summed E-state index contributed by atoms with van der Waals surface area (Å²) in [6.07, 6.45) is 4.33. The summed E-state index contributed by atoms with van der Waals surface area (Å²) in [5.41, 5.74) is 2.43. The third-order valence-corrected chi connectivity index (χ3v) is 3.23. The minimum Gasteiger partial charge on any atom is -0.478 e. The molecule has 1 aromatic rings. The van der Waals surface area contributed by atoms with Crippen molar-refractivity contribution in [1.29, 1.82) is 0 Å². The van der Waals surface area contributed by atoms with Crippen LogP contribution in [-0.4, -0.2) is 11.1 Å². The summed E-state index contributed by atoms with van der Waals surface area (Å²) < 4.78 is 0.862. The fourth-order valence-electron chi connectivity index (χ4n) is 1.44. The monoisotopic (exact) mass is 308 g/mol. The normalized spacial score (nSPS) is 13.0.